The molecule has 1 aliphatic rings. The van der Waals surface area contributed by atoms with Crippen LogP contribution in [0.4, 0.5) is 0 Å². The molecule has 1 aromatic heterocycles. The minimum absolute atomic E-state index is 0.732. The second-order valence-electron chi connectivity index (χ2n) is 2.93. The van der Waals surface area contributed by atoms with Crippen molar-refractivity contribution in [2.45, 2.75) is 5.92 Å². The van der Waals surface area contributed by atoms with E-state index < -0.39 is 0 Å². The molecule has 2 heterocycles. The Balaban J connectivity index is 2.08. The lowest BCUT2D eigenvalue weighted by Gasteiger charge is -2.35. The van der Waals surface area contributed by atoms with Crippen molar-refractivity contribution in [3.8, 4) is 0 Å². The van der Waals surface area contributed by atoms with Crippen molar-refractivity contribution in [3.63, 3.8) is 0 Å². The second kappa shape index (κ2) is 2.88. The van der Waals surface area contributed by atoms with Gasteiger partial charge in [0, 0.05) is 31.4 Å². The van der Waals surface area contributed by atoms with Crippen molar-refractivity contribution in [1.82, 2.24) is 9.65 Å². The van der Waals surface area contributed by atoms with Gasteiger partial charge < -0.3 is 0 Å². The molecule has 0 spiro atoms. The Morgan fingerprint density at radius 1 is 1.36 bits per heavy atom. The molecule has 1 fully saturated rings. The first kappa shape index (κ1) is 7.20. The van der Waals surface area contributed by atoms with Gasteiger partial charge in [-0.1, -0.05) is 9.39 Å². The van der Waals surface area contributed by atoms with E-state index in [-0.39, 0.29) is 0 Å². The van der Waals surface area contributed by atoms with Crippen LogP contribution in [-0.4, -0.2) is 22.7 Å². The second-order valence-corrected chi connectivity index (χ2v) is 3.66. The highest BCUT2D eigenvalue weighted by Crippen LogP contribution is 2.28. The molecule has 0 saturated carbocycles. The number of hydrogen-bond donors (Lipinski definition) is 0. The van der Waals surface area contributed by atoms with Crippen molar-refractivity contribution in [1.29, 1.82) is 0 Å². The molecule has 0 bridgehead atoms. The van der Waals surface area contributed by atoms with Crippen molar-refractivity contribution >= 4 is 9.39 Å². The average molecular weight is 166 g/mol. The van der Waals surface area contributed by atoms with E-state index >= 15 is 0 Å². The van der Waals surface area contributed by atoms with Gasteiger partial charge in [0.25, 0.3) is 0 Å². The van der Waals surface area contributed by atoms with Gasteiger partial charge in [0.2, 0.25) is 0 Å². The third kappa shape index (κ3) is 1.42. The fourth-order valence-electron chi connectivity index (χ4n) is 1.36. The third-order valence-electron chi connectivity index (χ3n) is 2.09. The van der Waals surface area contributed by atoms with Crippen molar-refractivity contribution in [2.24, 2.45) is 0 Å². The lowest BCUT2D eigenvalue weighted by Crippen LogP contribution is -2.37. The van der Waals surface area contributed by atoms with Crippen LogP contribution in [0.2, 0.25) is 0 Å². The molecule has 0 N–H and O–H groups in total. The molecule has 0 aromatic carbocycles. The van der Waals surface area contributed by atoms with Crippen LogP contribution in [0.25, 0.3) is 0 Å². The maximum Gasteiger partial charge on any atom is 0.0270 e. The lowest BCUT2D eigenvalue weighted by atomic mass is 9.95. The molecule has 58 valence electrons. The maximum atomic E-state index is 3.99. The van der Waals surface area contributed by atoms with Gasteiger partial charge in [0.05, 0.1) is 0 Å². The van der Waals surface area contributed by atoms with Gasteiger partial charge in [0.15, 0.2) is 0 Å². The fourth-order valence-corrected chi connectivity index (χ4v) is 1.87. The third-order valence-corrected chi connectivity index (χ3v) is 2.51. The first-order valence-corrected chi connectivity index (χ1v) is 4.27. The Kier molecular flexibility index (Phi) is 1.89. The largest absolute Gasteiger partial charge is 0.286 e. The molecule has 1 aromatic rings. The van der Waals surface area contributed by atoms with Crippen molar-refractivity contribution in [3.05, 3.63) is 30.1 Å². The van der Waals surface area contributed by atoms with Crippen LogP contribution in [0.1, 0.15) is 11.5 Å². The molecule has 0 amide bonds. The van der Waals surface area contributed by atoms with E-state index in [1.165, 1.54) is 5.56 Å². The molecule has 3 heteroatoms. The highest BCUT2D eigenvalue weighted by atomic mass is 31.0. The molecule has 2 nitrogen and oxygen atoms in total. The highest BCUT2D eigenvalue weighted by Gasteiger charge is 2.24. The Morgan fingerprint density at radius 3 is 2.55 bits per heavy atom. The van der Waals surface area contributed by atoms with E-state index in [9.17, 15) is 0 Å². The maximum absolute atomic E-state index is 3.99. The highest BCUT2D eigenvalue weighted by molar-refractivity contribution is 7.13. The van der Waals surface area contributed by atoms with E-state index in [1.54, 1.807) is 0 Å². The van der Waals surface area contributed by atoms with Gasteiger partial charge >= 0.3 is 0 Å². The average Bonchev–Trinajstić information content (AvgIpc) is 2.01. The summed E-state index contributed by atoms with van der Waals surface area (Å²) in [5, 5.41) is 0. The van der Waals surface area contributed by atoms with Crippen LogP contribution < -0.4 is 0 Å². The summed E-state index contributed by atoms with van der Waals surface area (Å²) in [6.45, 7) is 2.32. The molecule has 1 saturated heterocycles. The summed E-state index contributed by atoms with van der Waals surface area (Å²) >= 11 is 0. The topological polar surface area (TPSA) is 16.1 Å². The first-order chi connectivity index (χ1) is 5.36. The zero-order chi connectivity index (χ0) is 7.68. The van der Waals surface area contributed by atoms with E-state index in [4.69, 9.17) is 0 Å². The van der Waals surface area contributed by atoms with Crippen LogP contribution in [0.15, 0.2) is 24.5 Å². The smallest absolute Gasteiger partial charge is 0.0270 e. The molecule has 0 radical (unpaired) electrons. The summed E-state index contributed by atoms with van der Waals surface area (Å²) in [5.74, 6) is 0.732. The SMILES string of the molecule is PN1CC(c2ccncc2)C1. The molecule has 2 rings (SSSR count). The number of aromatic nitrogens is 1. The molecule has 0 aliphatic carbocycles. The van der Waals surface area contributed by atoms with Gasteiger partial charge in [-0.15, -0.1) is 0 Å². The summed E-state index contributed by atoms with van der Waals surface area (Å²) in [5.41, 5.74) is 1.42. The van der Waals surface area contributed by atoms with Crippen molar-refractivity contribution in [2.75, 3.05) is 13.1 Å². The van der Waals surface area contributed by atoms with Gasteiger partial charge in [-0.05, 0) is 17.7 Å². The molecular formula is C8H11N2P. The number of hydrogen-bond acceptors (Lipinski definition) is 2. The van der Waals surface area contributed by atoms with Gasteiger partial charge in [-0.3, -0.25) is 9.65 Å². The van der Waals surface area contributed by atoms with Crippen LogP contribution in [0, 0.1) is 0 Å². The summed E-state index contributed by atoms with van der Waals surface area (Å²) in [6, 6.07) is 4.20. The van der Waals surface area contributed by atoms with Gasteiger partial charge in [0.1, 0.15) is 0 Å². The summed E-state index contributed by atoms with van der Waals surface area (Å²) in [6.07, 6.45) is 3.72. The van der Waals surface area contributed by atoms with E-state index in [0.29, 0.717) is 0 Å². The van der Waals surface area contributed by atoms with Crippen LogP contribution in [0.5, 0.6) is 0 Å². The minimum Gasteiger partial charge on any atom is -0.286 e. The lowest BCUT2D eigenvalue weighted by molar-refractivity contribution is 0.289. The molecule has 11 heavy (non-hydrogen) atoms. The standard InChI is InChI=1S/C8H11N2P/c11-10-5-8(6-10)7-1-3-9-4-2-7/h1-4,8H,5-6,11H2. The molecule has 1 atom stereocenters. The van der Waals surface area contributed by atoms with E-state index in [1.807, 2.05) is 12.4 Å². The zero-order valence-electron chi connectivity index (χ0n) is 6.27. The Hall–Kier alpha value is -0.460. The monoisotopic (exact) mass is 166 g/mol. The molecular weight excluding hydrogens is 155 g/mol. The van der Waals surface area contributed by atoms with Crippen LogP contribution in [0.3, 0.4) is 0 Å². The van der Waals surface area contributed by atoms with E-state index in [0.717, 1.165) is 19.0 Å². The summed E-state index contributed by atoms with van der Waals surface area (Å²) < 4.78 is 2.24. The number of pyridine rings is 1. The number of rotatable bonds is 1. The first-order valence-electron chi connectivity index (χ1n) is 3.76. The number of nitrogens with zero attached hydrogens (tertiary/aromatic N) is 2. The van der Waals surface area contributed by atoms with Gasteiger partial charge in [-0.2, -0.15) is 0 Å². The van der Waals surface area contributed by atoms with Crippen molar-refractivity contribution < 1.29 is 0 Å². The summed E-state index contributed by atoms with van der Waals surface area (Å²) in [4.78, 5) is 3.99. The fraction of sp³-hybridized carbons (Fsp3) is 0.375. The van der Waals surface area contributed by atoms with Gasteiger partial charge in [-0.25, -0.2) is 0 Å². The zero-order valence-corrected chi connectivity index (χ0v) is 7.43. The minimum atomic E-state index is 0.732. The quantitative estimate of drug-likeness (QED) is 0.584. The Labute approximate surface area is 68.9 Å². The Bertz CT molecular complexity index is 231. The summed E-state index contributed by atoms with van der Waals surface area (Å²) in [7, 11) is 2.71. The van der Waals surface area contributed by atoms with E-state index in [2.05, 4.69) is 31.2 Å². The molecule has 1 unspecified atom stereocenters. The Morgan fingerprint density at radius 2 is 2.00 bits per heavy atom. The predicted molar refractivity (Wildman–Crippen MR) is 48.3 cm³/mol. The van der Waals surface area contributed by atoms with Crippen LogP contribution in [-0.2, 0) is 0 Å². The predicted octanol–water partition coefficient (Wildman–Crippen LogP) is 1.27. The normalized spacial score (nSPS) is 19.7. The van der Waals surface area contributed by atoms with Crippen LogP contribution >= 0.6 is 9.39 Å². The molecule has 1 aliphatic heterocycles.